The van der Waals surface area contributed by atoms with Crippen LogP contribution in [0.2, 0.25) is 10.0 Å². The fraction of sp³-hybridized carbons (Fsp3) is 0.130. The first-order valence-corrected chi connectivity index (χ1v) is 12.1. The molecule has 0 spiro atoms. The highest BCUT2D eigenvalue weighted by atomic mass is 79.9. The van der Waals surface area contributed by atoms with Crippen molar-refractivity contribution in [2.24, 2.45) is 0 Å². The van der Waals surface area contributed by atoms with Crippen LogP contribution in [0.15, 0.2) is 50.1 Å². The highest BCUT2D eigenvalue weighted by Crippen LogP contribution is 2.44. The third kappa shape index (κ3) is 3.52. The van der Waals surface area contributed by atoms with Crippen molar-refractivity contribution in [3.63, 3.8) is 0 Å². The molecule has 1 aliphatic rings. The second-order valence-electron chi connectivity index (χ2n) is 7.53. The number of rotatable bonds is 3. The van der Waals surface area contributed by atoms with E-state index in [2.05, 4.69) is 20.9 Å². The lowest BCUT2D eigenvalue weighted by molar-refractivity contribution is 0.0969. The average Bonchev–Trinajstić information content (AvgIpc) is 3.28. The SMILES string of the molecule is CC(=O)c1sc(N2C(=O)c3oc4ccc(Br)cc4c(=O)c3C2c2ccc(Cl)c(Cl)c2)nc1C. The highest BCUT2D eigenvalue weighted by molar-refractivity contribution is 9.10. The van der Waals surface area contributed by atoms with Crippen molar-refractivity contribution >= 4 is 78.3 Å². The number of aromatic nitrogens is 1. The summed E-state index contributed by atoms with van der Waals surface area (Å²) in [4.78, 5) is 45.5. The number of carbonyl (C=O) groups is 2. The lowest BCUT2D eigenvalue weighted by Gasteiger charge is -2.22. The molecule has 0 N–H and O–H groups in total. The number of hydrogen-bond donors (Lipinski definition) is 0. The minimum Gasteiger partial charge on any atom is -0.450 e. The van der Waals surface area contributed by atoms with Gasteiger partial charge < -0.3 is 4.42 Å². The summed E-state index contributed by atoms with van der Waals surface area (Å²) < 4.78 is 6.64. The van der Waals surface area contributed by atoms with Gasteiger partial charge in [-0.05, 0) is 42.8 Å². The number of amides is 1. The Hall–Kier alpha value is -2.52. The van der Waals surface area contributed by atoms with Crippen molar-refractivity contribution in [2.45, 2.75) is 19.9 Å². The van der Waals surface area contributed by atoms with Gasteiger partial charge in [0.15, 0.2) is 16.3 Å². The van der Waals surface area contributed by atoms with Gasteiger partial charge in [0.2, 0.25) is 5.76 Å². The maximum absolute atomic E-state index is 13.6. The van der Waals surface area contributed by atoms with Gasteiger partial charge in [-0.25, -0.2) is 4.98 Å². The van der Waals surface area contributed by atoms with E-state index in [-0.39, 0.29) is 32.7 Å². The van der Waals surface area contributed by atoms with Crippen LogP contribution in [0.25, 0.3) is 11.0 Å². The molecule has 1 aliphatic heterocycles. The summed E-state index contributed by atoms with van der Waals surface area (Å²) in [7, 11) is 0. The Kier molecular flexibility index (Phi) is 5.44. The normalized spacial score (nSPS) is 15.4. The molecule has 0 bridgehead atoms. The smallest absolute Gasteiger partial charge is 0.297 e. The Balaban J connectivity index is 1.82. The number of thiazole rings is 1. The highest BCUT2D eigenvalue weighted by Gasteiger charge is 2.45. The van der Waals surface area contributed by atoms with Gasteiger partial charge in [-0.2, -0.15) is 0 Å². The first-order valence-electron chi connectivity index (χ1n) is 9.70. The Morgan fingerprint density at radius 1 is 1.15 bits per heavy atom. The summed E-state index contributed by atoms with van der Waals surface area (Å²) >= 11 is 16.9. The van der Waals surface area contributed by atoms with Crippen LogP contribution in [-0.2, 0) is 0 Å². The number of fused-ring (bicyclic) bond motifs is 2. The van der Waals surface area contributed by atoms with Crippen LogP contribution in [0, 0.1) is 6.92 Å². The minimum atomic E-state index is -0.854. The molecular weight excluding hydrogens is 551 g/mol. The number of Topliss-reactive ketones (excluding diaryl/α,β-unsaturated/α-hetero) is 1. The van der Waals surface area contributed by atoms with E-state index in [1.807, 2.05) is 0 Å². The van der Waals surface area contributed by atoms with Gasteiger partial charge in [-0.15, -0.1) is 0 Å². The number of aryl methyl sites for hydroxylation is 1. The van der Waals surface area contributed by atoms with Crippen molar-refractivity contribution in [2.75, 3.05) is 4.90 Å². The lowest BCUT2D eigenvalue weighted by Crippen LogP contribution is -2.29. The van der Waals surface area contributed by atoms with Crippen molar-refractivity contribution in [1.82, 2.24) is 4.98 Å². The summed E-state index contributed by atoms with van der Waals surface area (Å²) in [5.41, 5.74) is 1.22. The van der Waals surface area contributed by atoms with Crippen LogP contribution in [0.4, 0.5) is 5.13 Å². The zero-order chi connectivity index (χ0) is 23.6. The molecule has 6 nitrogen and oxygen atoms in total. The Bertz CT molecular complexity index is 1560. The molecule has 0 aliphatic carbocycles. The molecule has 2 aromatic carbocycles. The molecule has 2 aromatic heterocycles. The zero-order valence-electron chi connectivity index (χ0n) is 17.1. The monoisotopic (exact) mass is 562 g/mol. The summed E-state index contributed by atoms with van der Waals surface area (Å²) in [6, 6.07) is 9.08. The van der Waals surface area contributed by atoms with Crippen molar-refractivity contribution in [3.05, 3.63) is 88.6 Å². The Labute approximate surface area is 209 Å². The van der Waals surface area contributed by atoms with Gasteiger partial charge in [-0.1, -0.05) is 56.5 Å². The van der Waals surface area contributed by atoms with Crippen LogP contribution < -0.4 is 10.3 Å². The van der Waals surface area contributed by atoms with E-state index in [4.69, 9.17) is 27.6 Å². The molecule has 33 heavy (non-hydrogen) atoms. The third-order valence-corrected chi connectivity index (χ3v) is 7.89. The fourth-order valence-electron chi connectivity index (χ4n) is 3.95. The number of halogens is 3. The minimum absolute atomic E-state index is 0.0666. The quantitative estimate of drug-likeness (QED) is 0.263. The van der Waals surface area contributed by atoms with Gasteiger partial charge in [0, 0.05) is 11.4 Å². The van der Waals surface area contributed by atoms with Gasteiger partial charge >= 0.3 is 0 Å². The Morgan fingerprint density at radius 2 is 1.91 bits per heavy atom. The second-order valence-corrected chi connectivity index (χ2v) is 10.2. The van der Waals surface area contributed by atoms with Crippen molar-refractivity contribution in [3.8, 4) is 0 Å². The Morgan fingerprint density at radius 3 is 2.58 bits per heavy atom. The molecule has 1 unspecified atom stereocenters. The van der Waals surface area contributed by atoms with Gasteiger partial charge in [0.25, 0.3) is 5.91 Å². The summed E-state index contributed by atoms with van der Waals surface area (Å²) in [6.45, 7) is 3.14. The number of hydrogen-bond acceptors (Lipinski definition) is 6. The molecule has 1 atom stereocenters. The zero-order valence-corrected chi connectivity index (χ0v) is 21.0. The maximum Gasteiger partial charge on any atom is 0.297 e. The molecule has 3 heterocycles. The van der Waals surface area contributed by atoms with Crippen LogP contribution >= 0.6 is 50.5 Å². The molecule has 0 fully saturated rings. The topological polar surface area (TPSA) is 80.5 Å². The van der Waals surface area contributed by atoms with E-state index >= 15 is 0 Å². The summed E-state index contributed by atoms with van der Waals surface area (Å²) in [5.74, 6) is -0.744. The standard InChI is InChI=1S/C23H13BrCl2N2O4S/c1-9-21(10(2)29)33-23(27-9)28-18(11-3-5-14(25)15(26)7-11)17-19(30)13-8-12(24)4-6-16(13)32-20(17)22(28)31/h3-8,18H,1-2H3. The van der Waals surface area contributed by atoms with Gasteiger partial charge in [0.05, 0.1) is 37.6 Å². The lowest BCUT2D eigenvalue weighted by atomic mass is 9.99. The van der Waals surface area contributed by atoms with Crippen LogP contribution in [0.1, 0.15) is 50.0 Å². The van der Waals surface area contributed by atoms with E-state index in [0.717, 1.165) is 11.3 Å². The first-order chi connectivity index (χ1) is 15.7. The summed E-state index contributed by atoms with van der Waals surface area (Å²) in [6.07, 6.45) is 0. The number of benzene rings is 2. The van der Waals surface area contributed by atoms with E-state index in [0.29, 0.717) is 36.6 Å². The molecule has 0 radical (unpaired) electrons. The molecule has 0 saturated carbocycles. The predicted octanol–water partition coefficient (Wildman–Crippen LogP) is 6.58. The van der Waals surface area contributed by atoms with Gasteiger partial charge in [0.1, 0.15) is 5.58 Å². The van der Waals surface area contributed by atoms with E-state index < -0.39 is 11.9 Å². The molecule has 10 heteroatoms. The molecule has 166 valence electrons. The largest absolute Gasteiger partial charge is 0.450 e. The van der Waals surface area contributed by atoms with Crippen LogP contribution in [0.3, 0.4) is 0 Å². The van der Waals surface area contributed by atoms with Gasteiger partial charge in [-0.3, -0.25) is 19.3 Å². The second kappa shape index (κ2) is 8.06. The molecule has 1 amide bonds. The predicted molar refractivity (Wildman–Crippen MR) is 132 cm³/mol. The molecular formula is C23H13BrCl2N2O4S. The number of anilines is 1. The number of carbonyl (C=O) groups excluding carboxylic acids is 2. The molecule has 5 rings (SSSR count). The van der Waals surface area contributed by atoms with E-state index in [1.54, 1.807) is 43.3 Å². The fourth-order valence-corrected chi connectivity index (χ4v) is 5.61. The first kappa shape index (κ1) is 22.3. The van der Waals surface area contributed by atoms with E-state index in [9.17, 15) is 14.4 Å². The number of nitrogens with zero attached hydrogens (tertiary/aromatic N) is 2. The van der Waals surface area contributed by atoms with E-state index in [1.165, 1.54) is 11.8 Å². The maximum atomic E-state index is 13.6. The summed E-state index contributed by atoms with van der Waals surface area (Å²) in [5, 5.41) is 1.25. The van der Waals surface area contributed by atoms with Crippen LogP contribution in [0.5, 0.6) is 0 Å². The average molecular weight is 564 g/mol. The third-order valence-electron chi connectivity index (χ3n) is 5.40. The van der Waals surface area contributed by atoms with Crippen molar-refractivity contribution in [1.29, 1.82) is 0 Å². The number of ketones is 1. The van der Waals surface area contributed by atoms with Crippen LogP contribution in [-0.4, -0.2) is 16.7 Å². The molecule has 0 saturated heterocycles. The van der Waals surface area contributed by atoms with Crippen molar-refractivity contribution < 1.29 is 14.0 Å². The molecule has 4 aromatic rings.